The highest BCUT2D eigenvalue weighted by Crippen LogP contribution is 2.26. The SMILES string of the molecule is CCOC(=O)Cc1ccc(OCC2CO2)cc1[N+](=O)[O-]. The van der Waals surface area contributed by atoms with Crippen LogP contribution in [0, 0.1) is 10.1 Å². The van der Waals surface area contributed by atoms with E-state index in [2.05, 4.69) is 0 Å². The van der Waals surface area contributed by atoms with E-state index in [0.29, 0.717) is 24.5 Å². The predicted octanol–water partition coefficient (Wildman–Crippen LogP) is 1.48. The van der Waals surface area contributed by atoms with Crippen LogP contribution >= 0.6 is 0 Å². The summed E-state index contributed by atoms with van der Waals surface area (Å²) in [6.07, 6.45) is -0.0517. The molecule has 7 heteroatoms. The number of carbonyl (C=O) groups is 1. The Morgan fingerprint density at radius 1 is 1.55 bits per heavy atom. The molecule has 1 aromatic rings. The molecule has 0 aromatic heterocycles. The summed E-state index contributed by atoms with van der Waals surface area (Å²) in [7, 11) is 0. The van der Waals surface area contributed by atoms with Gasteiger partial charge in [-0.25, -0.2) is 0 Å². The molecule has 0 spiro atoms. The minimum Gasteiger partial charge on any atom is -0.491 e. The van der Waals surface area contributed by atoms with Crippen LogP contribution in [0.3, 0.4) is 0 Å². The van der Waals surface area contributed by atoms with Crippen molar-refractivity contribution in [3.05, 3.63) is 33.9 Å². The zero-order valence-corrected chi connectivity index (χ0v) is 11.0. The number of ether oxygens (including phenoxy) is 3. The number of nitro groups is 1. The Balaban J connectivity index is 2.09. The molecule has 1 aliphatic heterocycles. The van der Waals surface area contributed by atoms with Gasteiger partial charge in [0.15, 0.2) is 0 Å². The summed E-state index contributed by atoms with van der Waals surface area (Å²) in [6.45, 7) is 2.95. The quantitative estimate of drug-likeness (QED) is 0.325. The third-order valence-corrected chi connectivity index (χ3v) is 2.73. The minimum atomic E-state index is -0.533. The number of nitrogens with zero attached hydrogens (tertiary/aromatic N) is 1. The van der Waals surface area contributed by atoms with Gasteiger partial charge in [0.2, 0.25) is 0 Å². The average Bonchev–Trinajstić information content (AvgIpc) is 3.21. The number of nitro benzene ring substituents is 1. The van der Waals surface area contributed by atoms with E-state index >= 15 is 0 Å². The number of hydrogen-bond donors (Lipinski definition) is 0. The summed E-state index contributed by atoms with van der Waals surface area (Å²) in [5.74, 6) is -0.101. The van der Waals surface area contributed by atoms with Gasteiger partial charge in [0.1, 0.15) is 18.5 Å². The van der Waals surface area contributed by atoms with Gasteiger partial charge in [-0.3, -0.25) is 14.9 Å². The second-order valence-corrected chi connectivity index (χ2v) is 4.30. The van der Waals surface area contributed by atoms with E-state index < -0.39 is 10.9 Å². The Kier molecular flexibility index (Phi) is 4.52. The summed E-state index contributed by atoms with van der Waals surface area (Å²) in [4.78, 5) is 21.9. The molecular formula is C13H15NO6. The number of benzene rings is 1. The van der Waals surface area contributed by atoms with Crippen molar-refractivity contribution < 1.29 is 23.9 Å². The van der Waals surface area contributed by atoms with Crippen LogP contribution in [0.2, 0.25) is 0 Å². The molecule has 1 saturated heterocycles. The van der Waals surface area contributed by atoms with Crippen molar-refractivity contribution in [1.82, 2.24) is 0 Å². The fraction of sp³-hybridized carbons (Fsp3) is 0.462. The van der Waals surface area contributed by atoms with Crippen LogP contribution in [-0.4, -0.2) is 36.8 Å². The third kappa shape index (κ3) is 3.92. The fourth-order valence-corrected chi connectivity index (χ4v) is 1.67. The molecule has 0 amide bonds. The molecule has 0 bridgehead atoms. The number of carbonyl (C=O) groups excluding carboxylic acids is 1. The van der Waals surface area contributed by atoms with E-state index in [1.54, 1.807) is 13.0 Å². The molecule has 0 N–H and O–H groups in total. The van der Waals surface area contributed by atoms with Crippen molar-refractivity contribution in [2.45, 2.75) is 19.4 Å². The van der Waals surface area contributed by atoms with E-state index in [1.807, 2.05) is 0 Å². The lowest BCUT2D eigenvalue weighted by Gasteiger charge is -2.07. The maximum Gasteiger partial charge on any atom is 0.310 e. The smallest absolute Gasteiger partial charge is 0.310 e. The lowest BCUT2D eigenvalue weighted by Crippen LogP contribution is -2.10. The van der Waals surface area contributed by atoms with Crippen LogP contribution < -0.4 is 4.74 Å². The highest BCUT2D eigenvalue weighted by Gasteiger charge is 2.24. The van der Waals surface area contributed by atoms with E-state index in [-0.39, 0.29) is 24.8 Å². The van der Waals surface area contributed by atoms with Gasteiger partial charge in [0.25, 0.3) is 5.69 Å². The van der Waals surface area contributed by atoms with Crippen LogP contribution in [0.4, 0.5) is 5.69 Å². The van der Waals surface area contributed by atoms with Crippen LogP contribution in [-0.2, 0) is 20.7 Å². The van der Waals surface area contributed by atoms with Gasteiger partial charge < -0.3 is 14.2 Å². The van der Waals surface area contributed by atoms with Crippen molar-refractivity contribution in [3.63, 3.8) is 0 Å². The molecule has 1 aromatic carbocycles. The standard InChI is InChI=1S/C13H15NO6/c1-2-18-13(15)5-9-3-4-10(6-12(9)14(16)17)19-7-11-8-20-11/h3-4,6,11H,2,5,7-8H2,1H3. The monoisotopic (exact) mass is 281 g/mol. The predicted molar refractivity (Wildman–Crippen MR) is 68.7 cm³/mol. The molecule has 1 unspecified atom stereocenters. The van der Waals surface area contributed by atoms with Crippen LogP contribution in [0.15, 0.2) is 18.2 Å². The van der Waals surface area contributed by atoms with Crippen molar-refractivity contribution in [2.75, 3.05) is 19.8 Å². The van der Waals surface area contributed by atoms with Gasteiger partial charge in [0.05, 0.1) is 30.6 Å². The summed E-state index contributed by atoms with van der Waals surface area (Å²) < 4.78 is 15.2. The molecular weight excluding hydrogens is 266 g/mol. The number of esters is 1. The topological polar surface area (TPSA) is 91.2 Å². The lowest BCUT2D eigenvalue weighted by molar-refractivity contribution is -0.385. The first kappa shape index (κ1) is 14.3. The van der Waals surface area contributed by atoms with Gasteiger partial charge in [-0.05, 0) is 19.1 Å². The van der Waals surface area contributed by atoms with Gasteiger partial charge in [0, 0.05) is 5.56 Å². The second-order valence-electron chi connectivity index (χ2n) is 4.30. The normalized spacial score (nSPS) is 16.6. The molecule has 1 heterocycles. The first-order chi connectivity index (χ1) is 9.60. The summed E-state index contributed by atoms with van der Waals surface area (Å²) in [5.41, 5.74) is 0.163. The molecule has 0 radical (unpaired) electrons. The molecule has 1 aliphatic rings. The first-order valence-corrected chi connectivity index (χ1v) is 6.27. The van der Waals surface area contributed by atoms with Gasteiger partial charge in [-0.1, -0.05) is 0 Å². The molecule has 2 rings (SSSR count). The molecule has 20 heavy (non-hydrogen) atoms. The van der Waals surface area contributed by atoms with E-state index in [0.717, 1.165) is 0 Å². The second kappa shape index (κ2) is 6.33. The number of hydrogen-bond acceptors (Lipinski definition) is 6. The Hall–Kier alpha value is -2.15. The van der Waals surface area contributed by atoms with Gasteiger partial charge in [-0.2, -0.15) is 0 Å². The van der Waals surface area contributed by atoms with Crippen molar-refractivity contribution in [1.29, 1.82) is 0 Å². The Morgan fingerprint density at radius 3 is 2.90 bits per heavy atom. The number of rotatable bonds is 7. The molecule has 1 fully saturated rings. The van der Waals surface area contributed by atoms with E-state index in [9.17, 15) is 14.9 Å². The highest BCUT2D eigenvalue weighted by atomic mass is 16.6. The Labute approximate surface area is 115 Å². The van der Waals surface area contributed by atoms with Crippen LogP contribution in [0.5, 0.6) is 5.75 Å². The number of epoxide rings is 1. The van der Waals surface area contributed by atoms with E-state index in [4.69, 9.17) is 14.2 Å². The third-order valence-electron chi connectivity index (χ3n) is 2.73. The zero-order valence-electron chi connectivity index (χ0n) is 11.0. The Bertz CT molecular complexity index is 512. The molecule has 108 valence electrons. The maximum absolute atomic E-state index is 11.4. The van der Waals surface area contributed by atoms with E-state index in [1.165, 1.54) is 12.1 Å². The molecule has 0 aliphatic carbocycles. The van der Waals surface area contributed by atoms with Crippen molar-refractivity contribution in [3.8, 4) is 5.75 Å². The molecule has 0 saturated carbocycles. The van der Waals surface area contributed by atoms with Crippen molar-refractivity contribution >= 4 is 11.7 Å². The zero-order chi connectivity index (χ0) is 14.5. The van der Waals surface area contributed by atoms with Gasteiger partial charge in [-0.15, -0.1) is 0 Å². The Morgan fingerprint density at radius 2 is 2.30 bits per heavy atom. The molecule has 7 nitrogen and oxygen atoms in total. The summed E-state index contributed by atoms with van der Waals surface area (Å²) >= 11 is 0. The highest BCUT2D eigenvalue weighted by molar-refractivity contribution is 5.74. The summed E-state index contributed by atoms with van der Waals surface area (Å²) in [6, 6.07) is 4.43. The fourth-order valence-electron chi connectivity index (χ4n) is 1.67. The van der Waals surface area contributed by atoms with Gasteiger partial charge >= 0.3 is 5.97 Å². The lowest BCUT2D eigenvalue weighted by atomic mass is 10.1. The minimum absolute atomic E-state index is 0.0771. The van der Waals surface area contributed by atoms with Crippen LogP contribution in [0.1, 0.15) is 12.5 Å². The first-order valence-electron chi connectivity index (χ1n) is 6.27. The molecule has 1 atom stereocenters. The average molecular weight is 281 g/mol. The largest absolute Gasteiger partial charge is 0.491 e. The van der Waals surface area contributed by atoms with Crippen LogP contribution in [0.25, 0.3) is 0 Å². The summed E-state index contributed by atoms with van der Waals surface area (Å²) in [5, 5.41) is 11.0. The van der Waals surface area contributed by atoms with Crippen molar-refractivity contribution in [2.24, 2.45) is 0 Å². The maximum atomic E-state index is 11.4.